The second kappa shape index (κ2) is 13.7. The predicted molar refractivity (Wildman–Crippen MR) is 171 cm³/mol. The Morgan fingerprint density at radius 1 is 1.20 bits per heavy atom. The number of ether oxygens (including phenoxy) is 1. The van der Waals surface area contributed by atoms with Crippen LogP contribution in [0.25, 0.3) is 22.0 Å². The Balaban J connectivity index is 0.000000834. The van der Waals surface area contributed by atoms with Crippen LogP contribution in [0.1, 0.15) is 68.1 Å². The molecule has 2 aliphatic rings. The number of benzene rings is 2. The van der Waals surface area contributed by atoms with Gasteiger partial charge in [-0.15, -0.1) is 6.58 Å². The van der Waals surface area contributed by atoms with Gasteiger partial charge in [0, 0.05) is 42.8 Å². The van der Waals surface area contributed by atoms with Crippen molar-refractivity contribution in [3.8, 4) is 11.1 Å². The molecule has 232 valence electrons. The molecule has 3 heterocycles. The third-order valence-corrected chi connectivity index (χ3v) is 7.28. The van der Waals surface area contributed by atoms with Gasteiger partial charge in [-0.3, -0.25) is 4.79 Å². The number of hydrogen-bond donors (Lipinski definition) is 2. The van der Waals surface area contributed by atoms with Crippen molar-refractivity contribution < 1.29 is 18.3 Å². The zero-order valence-electron chi connectivity index (χ0n) is 25.5. The number of aromatic nitrogens is 3. The van der Waals surface area contributed by atoms with Gasteiger partial charge in [0.25, 0.3) is 0 Å². The van der Waals surface area contributed by atoms with Crippen LogP contribution in [-0.2, 0) is 17.7 Å². The Kier molecular flexibility index (Phi) is 9.97. The highest BCUT2D eigenvalue weighted by molar-refractivity contribution is 5.95. The van der Waals surface area contributed by atoms with Gasteiger partial charge in [-0.25, -0.2) is 18.6 Å². The topological polar surface area (TPSA) is 129 Å². The Labute approximate surface area is 255 Å². The number of fused-ring (bicyclic) bond motifs is 2. The molecule has 0 unspecified atom stereocenters. The van der Waals surface area contributed by atoms with Crippen LogP contribution in [0.2, 0.25) is 0 Å². The normalized spacial score (nSPS) is 13.4. The summed E-state index contributed by atoms with van der Waals surface area (Å²) in [5.41, 5.74) is 13.3. The van der Waals surface area contributed by atoms with Crippen molar-refractivity contribution in [1.29, 1.82) is 0 Å². The molecular formula is C33H38F2N6O3. The summed E-state index contributed by atoms with van der Waals surface area (Å²) in [5, 5.41) is -0.179. The molecule has 4 N–H and O–H groups in total. The lowest BCUT2D eigenvalue weighted by Gasteiger charge is -2.20. The van der Waals surface area contributed by atoms with Crippen molar-refractivity contribution in [2.24, 2.45) is 0 Å². The van der Waals surface area contributed by atoms with Crippen molar-refractivity contribution in [3.63, 3.8) is 0 Å². The average Bonchev–Trinajstić information content (AvgIpc) is 3.77. The fourth-order valence-corrected chi connectivity index (χ4v) is 5.25. The lowest BCUT2D eigenvalue weighted by molar-refractivity contribution is 0.0524. The lowest BCUT2D eigenvalue weighted by Crippen LogP contribution is -2.22. The largest absolute Gasteiger partial charge is 0.462 e. The average molecular weight is 605 g/mol. The van der Waals surface area contributed by atoms with Gasteiger partial charge < -0.3 is 25.7 Å². The molecule has 1 saturated carbocycles. The first-order valence-corrected chi connectivity index (χ1v) is 14.7. The highest BCUT2D eigenvalue weighted by atomic mass is 19.1. The van der Waals surface area contributed by atoms with E-state index in [-0.39, 0.29) is 40.6 Å². The third kappa shape index (κ3) is 6.27. The van der Waals surface area contributed by atoms with Crippen molar-refractivity contribution in [2.45, 2.75) is 59.5 Å². The van der Waals surface area contributed by atoms with E-state index in [0.717, 1.165) is 35.7 Å². The van der Waals surface area contributed by atoms with Crippen LogP contribution in [0.4, 0.5) is 26.2 Å². The molecule has 4 aromatic rings. The Morgan fingerprint density at radius 3 is 2.55 bits per heavy atom. The number of carbonyl (C=O) groups is 1. The van der Waals surface area contributed by atoms with Gasteiger partial charge in [0.05, 0.1) is 23.1 Å². The number of hydrogen-bond acceptors (Lipinski definition) is 8. The zero-order chi connectivity index (χ0) is 32.1. The van der Waals surface area contributed by atoms with Crippen LogP contribution in [0.5, 0.6) is 0 Å². The van der Waals surface area contributed by atoms with E-state index in [9.17, 15) is 9.59 Å². The fourth-order valence-electron chi connectivity index (χ4n) is 5.25. The first-order valence-electron chi connectivity index (χ1n) is 14.7. The van der Waals surface area contributed by atoms with E-state index in [2.05, 4.69) is 21.4 Å². The number of allylic oxidation sites excluding steroid dienone is 1. The zero-order valence-corrected chi connectivity index (χ0v) is 25.5. The molecule has 2 aromatic heterocycles. The highest BCUT2D eigenvalue weighted by Crippen LogP contribution is 2.41. The third-order valence-electron chi connectivity index (χ3n) is 7.28. The van der Waals surface area contributed by atoms with Crippen LogP contribution in [-0.4, -0.2) is 33.7 Å². The predicted octanol–water partition coefficient (Wildman–Crippen LogP) is 6.19. The van der Waals surface area contributed by atoms with Crippen LogP contribution >= 0.6 is 0 Å². The van der Waals surface area contributed by atoms with Gasteiger partial charge in [-0.05, 0) is 62.4 Å². The molecule has 0 radical (unpaired) electrons. The van der Waals surface area contributed by atoms with E-state index in [1.54, 1.807) is 35.9 Å². The second-order valence-corrected chi connectivity index (χ2v) is 10.2. The van der Waals surface area contributed by atoms with Crippen LogP contribution < -0.4 is 21.8 Å². The molecule has 1 aliphatic heterocycles. The SMILES string of the molecule is C=CC.CC.CCOC(=O)c1cn(C2CC2)c2c(F)c(-c3ccc4c(c3)CCN4Cc3cnc(N)nc3N)c(F)cc2c1=O. The van der Waals surface area contributed by atoms with Gasteiger partial charge in [-0.2, -0.15) is 4.98 Å². The van der Waals surface area contributed by atoms with E-state index in [4.69, 9.17) is 16.2 Å². The first-order chi connectivity index (χ1) is 21.2. The molecule has 0 spiro atoms. The minimum absolute atomic E-state index is 0.00657. The highest BCUT2D eigenvalue weighted by Gasteiger charge is 2.31. The summed E-state index contributed by atoms with van der Waals surface area (Å²) in [4.78, 5) is 35.6. The minimum atomic E-state index is -0.873. The van der Waals surface area contributed by atoms with Gasteiger partial charge in [0.2, 0.25) is 11.4 Å². The smallest absolute Gasteiger partial charge is 0.343 e. The molecular weight excluding hydrogens is 566 g/mol. The Bertz CT molecular complexity index is 1770. The molecule has 2 aromatic carbocycles. The molecule has 6 rings (SSSR count). The monoisotopic (exact) mass is 604 g/mol. The first kappa shape index (κ1) is 32.1. The lowest BCUT2D eigenvalue weighted by atomic mass is 9.98. The fraction of sp³-hybridized carbons (Fsp3) is 0.333. The number of nitrogen functional groups attached to an aromatic ring is 2. The maximum atomic E-state index is 16.2. The van der Waals surface area contributed by atoms with E-state index >= 15 is 8.78 Å². The van der Waals surface area contributed by atoms with Crippen molar-refractivity contribution >= 4 is 34.3 Å². The number of carbonyl (C=O) groups excluding carboxylic acids is 1. The number of nitrogens with two attached hydrogens (primary N) is 2. The molecule has 11 heteroatoms. The van der Waals surface area contributed by atoms with Crippen LogP contribution in [0.15, 0.2) is 54.1 Å². The van der Waals surface area contributed by atoms with Crippen molar-refractivity contribution in [2.75, 3.05) is 29.5 Å². The van der Waals surface area contributed by atoms with Gasteiger partial charge in [0.1, 0.15) is 17.2 Å². The van der Waals surface area contributed by atoms with E-state index in [1.165, 1.54) is 6.20 Å². The Hall–Kier alpha value is -4.80. The quantitative estimate of drug-likeness (QED) is 0.197. The standard InChI is InChI=1S/C28H26F2N6O3.C3H6.C2H6/c1-2-39-27(38)19-13-36(17-4-5-17)24-18(25(19)37)10-20(29)22(23(24)30)15-3-6-21-14(9-15)7-8-35(21)12-16-11-33-28(32)34-26(16)31;1-3-2;1-2/h3,6,9-11,13,17H,2,4-5,7-8,12H2,1H3,(H4,31,32,33,34);3H,1H2,2H3;1-2H3. The molecule has 44 heavy (non-hydrogen) atoms. The van der Waals surface area contributed by atoms with E-state index in [0.29, 0.717) is 30.9 Å². The molecule has 0 bridgehead atoms. The van der Waals surface area contributed by atoms with Gasteiger partial charge in [-0.1, -0.05) is 26.0 Å². The number of anilines is 3. The summed E-state index contributed by atoms with van der Waals surface area (Å²) in [7, 11) is 0. The molecule has 1 aliphatic carbocycles. The molecule has 0 atom stereocenters. The summed E-state index contributed by atoms with van der Waals surface area (Å²) >= 11 is 0. The summed E-state index contributed by atoms with van der Waals surface area (Å²) in [5.74, 6) is -2.10. The number of pyridine rings is 1. The minimum Gasteiger partial charge on any atom is -0.462 e. The van der Waals surface area contributed by atoms with Gasteiger partial charge in [0.15, 0.2) is 5.82 Å². The van der Waals surface area contributed by atoms with Crippen LogP contribution in [0, 0.1) is 11.6 Å². The summed E-state index contributed by atoms with van der Waals surface area (Å²) in [6.45, 7) is 12.1. The number of nitrogens with zero attached hydrogens (tertiary/aromatic N) is 4. The molecule has 0 saturated heterocycles. The number of rotatable bonds is 6. The molecule has 0 amide bonds. The van der Waals surface area contributed by atoms with Gasteiger partial charge >= 0.3 is 5.97 Å². The van der Waals surface area contributed by atoms with Crippen LogP contribution in [0.3, 0.4) is 0 Å². The van der Waals surface area contributed by atoms with Crippen molar-refractivity contribution in [3.05, 3.63) is 87.9 Å². The van der Waals surface area contributed by atoms with E-state index < -0.39 is 23.0 Å². The Morgan fingerprint density at radius 2 is 1.91 bits per heavy atom. The van der Waals surface area contributed by atoms with Crippen molar-refractivity contribution in [1.82, 2.24) is 14.5 Å². The molecule has 1 fully saturated rings. The van der Waals surface area contributed by atoms with E-state index in [1.807, 2.05) is 26.8 Å². The second-order valence-electron chi connectivity index (χ2n) is 10.2. The summed E-state index contributed by atoms with van der Waals surface area (Å²) in [6.07, 6.45) is 6.90. The maximum absolute atomic E-state index is 16.2. The number of esters is 1. The summed E-state index contributed by atoms with van der Waals surface area (Å²) < 4.78 is 38.3. The molecule has 9 nitrogen and oxygen atoms in total. The number of halogens is 2. The maximum Gasteiger partial charge on any atom is 0.343 e. The summed E-state index contributed by atoms with van der Waals surface area (Å²) in [6, 6.07) is 6.22.